The third kappa shape index (κ3) is 4.26. The number of hydrogen-bond donors (Lipinski definition) is 1. The van der Waals surface area contributed by atoms with E-state index in [2.05, 4.69) is 48.2 Å². The zero-order valence-electron chi connectivity index (χ0n) is 13.3. The molecule has 2 aromatic rings. The third-order valence-electron chi connectivity index (χ3n) is 3.38. The van der Waals surface area contributed by atoms with Gasteiger partial charge in [0.2, 0.25) is 0 Å². The molecule has 0 saturated carbocycles. The predicted octanol–water partition coefficient (Wildman–Crippen LogP) is 2.96. The number of hydrogen-bond acceptors (Lipinski definition) is 4. The zero-order valence-corrected chi connectivity index (χ0v) is 13.3. The minimum Gasteiger partial charge on any atom is -0.354 e. The van der Waals surface area contributed by atoms with Crippen molar-refractivity contribution in [3.8, 4) is 0 Å². The highest BCUT2D eigenvalue weighted by molar-refractivity contribution is 5.43. The molecule has 21 heavy (non-hydrogen) atoms. The number of nitrogens with one attached hydrogen (secondary N) is 1. The average Bonchev–Trinajstić information content (AvgIpc) is 2.48. The fraction of sp³-hybridized carbons (Fsp3) is 0.412. The number of pyridine rings is 2. The topological polar surface area (TPSA) is 41.1 Å². The number of rotatable bonds is 6. The summed E-state index contributed by atoms with van der Waals surface area (Å²) < 4.78 is 0. The Morgan fingerprint density at radius 1 is 1.24 bits per heavy atom. The first kappa shape index (κ1) is 15.4. The van der Waals surface area contributed by atoms with Crippen molar-refractivity contribution in [2.75, 3.05) is 19.0 Å². The van der Waals surface area contributed by atoms with Crippen molar-refractivity contribution >= 4 is 5.82 Å². The molecule has 0 aliphatic heterocycles. The van der Waals surface area contributed by atoms with Crippen molar-refractivity contribution in [3.05, 3.63) is 53.5 Å². The van der Waals surface area contributed by atoms with Crippen LogP contribution in [0, 0.1) is 0 Å². The minimum absolute atomic E-state index is 0.420. The second kappa shape index (κ2) is 7.18. The largest absolute Gasteiger partial charge is 0.354 e. The lowest BCUT2D eigenvalue weighted by atomic mass is 10.1. The first-order chi connectivity index (χ1) is 10.1. The van der Waals surface area contributed by atoms with Crippen LogP contribution in [0.25, 0.3) is 0 Å². The lowest BCUT2D eigenvalue weighted by Crippen LogP contribution is -2.20. The van der Waals surface area contributed by atoms with Gasteiger partial charge in [-0.15, -0.1) is 0 Å². The van der Waals surface area contributed by atoms with E-state index >= 15 is 0 Å². The van der Waals surface area contributed by atoms with E-state index in [1.54, 1.807) is 0 Å². The Hall–Kier alpha value is -1.94. The predicted molar refractivity (Wildman–Crippen MR) is 87.4 cm³/mol. The fourth-order valence-corrected chi connectivity index (χ4v) is 2.21. The molecule has 1 N–H and O–H groups in total. The summed E-state index contributed by atoms with van der Waals surface area (Å²) >= 11 is 0. The van der Waals surface area contributed by atoms with Gasteiger partial charge in [-0.1, -0.05) is 19.9 Å². The Morgan fingerprint density at radius 3 is 2.67 bits per heavy atom. The normalized spacial score (nSPS) is 10.9. The highest BCUT2D eigenvalue weighted by atomic mass is 15.2. The van der Waals surface area contributed by atoms with E-state index < -0.39 is 0 Å². The second-order valence-corrected chi connectivity index (χ2v) is 5.62. The molecule has 0 fully saturated rings. The van der Waals surface area contributed by atoms with Crippen molar-refractivity contribution in [1.82, 2.24) is 15.3 Å². The number of anilines is 1. The number of aromatic nitrogens is 2. The van der Waals surface area contributed by atoms with Gasteiger partial charge >= 0.3 is 0 Å². The molecule has 0 bridgehead atoms. The Morgan fingerprint density at radius 2 is 2.05 bits per heavy atom. The molecule has 0 aromatic carbocycles. The van der Waals surface area contributed by atoms with Crippen LogP contribution in [0.4, 0.5) is 5.82 Å². The minimum atomic E-state index is 0.420. The van der Waals surface area contributed by atoms with E-state index in [-0.39, 0.29) is 0 Å². The Kier molecular flexibility index (Phi) is 5.28. The molecular formula is C17H24N4. The van der Waals surface area contributed by atoms with E-state index in [9.17, 15) is 0 Å². The Bertz CT molecular complexity index is 566. The highest BCUT2D eigenvalue weighted by Crippen LogP contribution is 2.20. The van der Waals surface area contributed by atoms with Crippen LogP contribution in [-0.2, 0) is 13.1 Å². The van der Waals surface area contributed by atoms with E-state index in [0.717, 1.165) is 30.3 Å². The summed E-state index contributed by atoms with van der Waals surface area (Å²) in [7, 11) is 4.02. The summed E-state index contributed by atoms with van der Waals surface area (Å²) in [6, 6.07) is 10.3. The van der Waals surface area contributed by atoms with Gasteiger partial charge in [0.15, 0.2) is 0 Å². The molecule has 0 radical (unpaired) electrons. The van der Waals surface area contributed by atoms with Crippen LogP contribution in [0.2, 0.25) is 0 Å². The van der Waals surface area contributed by atoms with E-state index in [0.29, 0.717) is 5.92 Å². The molecule has 4 nitrogen and oxygen atoms in total. The zero-order chi connectivity index (χ0) is 15.2. The molecule has 4 heteroatoms. The molecule has 2 rings (SSSR count). The molecule has 112 valence electrons. The highest BCUT2D eigenvalue weighted by Gasteiger charge is 2.10. The molecule has 0 aliphatic carbocycles. The summed E-state index contributed by atoms with van der Waals surface area (Å²) in [5.74, 6) is 1.42. The summed E-state index contributed by atoms with van der Waals surface area (Å²) in [6.45, 7) is 5.96. The molecule has 0 aliphatic rings. The van der Waals surface area contributed by atoms with E-state index in [4.69, 9.17) is 4.98 Å². The second-order valence-electron chi connectivity index (χ2n) is 5.62. The molecule has 0 spiro atoms. The quantitative estimate of drug-likeness (QED) is 0.885. The van der Waals surface area contributed by atoms with Gasteiger partial charge in [-0.25, -0.2) is 4.98 Å². The summed E-state index contributed by atoms with van der Waals surface area (Å²) in [5.41, 5.74) is 3.44. The van der Waals surface area contributed by atoms with Gasteiger partial charge in [-0.05, 0) is 42.8 Å². The first-order valence-corrected chi connectivity index (χ1v) is 7.36. The van der Waals surface area contributed by atoms with E-state index in [1.807, 2.05) is 31.4 Å². The third-order valence-corrected chi connectivity index (χ3v) is 3.38. The molecule has 2 heterocycles. The summed E-state index contributed by atoms with van der Waals surface area (Å²) in [4.78, 5) is 11.3. The molecule has 0 unspecified atom stereocenters. The van der Waals surface area contributed by atoms with Crippen LogP contribution in [-0.4, -0.2) is 24.1 Å². The maximum Gasteiger partial charge on any atom is 0.129 e. The van der Waals surface area contributed by atoms with Gasteiger partial charge in [-0.2, -0.15) is 0 Å². The molecule has 0 atom stereocenters. The standard InChI is InChI=1S/C17H24N4/c1-13(2)16-9-14(11-18-3)10-17(20-16)21(4)12-15-7-5-6-8-19-15/h5-10,13,18H,11-12H2,1-4H3. The monoisotopic (exact) mass is 284 g/mol. The molecule has 2 aromatic heterocycles. The van der Waals surface area contributed by atoms with Crippen molar-refractivity contribution in [2.24, 2.45) is 0 Å². The molecule has 0 amide bonds. The first-order valence-electron chi connectivity index (χ1n) is 7.36. The fourth-order valence-electron chi connectivity index (χ4n) is 2.21. The van der Waals surface area contributed by atoms with Crippen LogP contribution < -0.4 is 10.2 Å². The summed E-state index contributed by atoms with van der Waals surface area (Å²) in [5, 5.41) is 3.21. The lowest BCUT2D eigenvalue weighted by molar-refractivity contribution is 0.774. The lowest BCUT2D eigenvalue weighted by Gasteiger charge is -2.20. The molecular weight excluding hydrogens is 260 g/mol. The van der Waals surface area contributed by atoms with Crippen LogP contribution in [0.1, 0.15) is 36.7 Å². The van der Waals surface area contributed by atoms with Crippen molar-refractivity contribution in [2.45, 2.75) is 32.9 Å². The van der Waals surface area contributed by atoms with Gasteiger partial charge in [0, 0.05) is 25.5 Å². The van der Waals surface area contributed by atoms with Crippen LogP contribution in [0.15, 0.2) is 36.5 Å². The molecule has 0 saturated heterocycles. The van der Waals surface area contributed by atoms with Crippen LogP contribution in [0.5, 0.6) is 0 Å². The maximum absolute atomic E-state index is 4.78. The van der Waals surface area contributed by atoms with Crippen molar-refractivity contribution in [3.63, 3.8) is 0 Å². The van der Waals surface area contributed by atoms with Gasteiger partial charge in [-0.3, -0.25) is 4.98 Å². The van der Waals surface area contributed by atoms with Crippen molar-refractivity contribution < 1.29 is 0 Å². The van der Waals surface area contributed by atoms with Crippen molar-refractivity contribution in [1.29, 1.82) is 0 Å². The smallest absolute Gasteiger partial charge is 0.129 e. The summed E-state index contributed by atoms with van der Waals surface area (Å²) in [6.07, 6.45) is 1.83. The van der Waals surface area contributed by atoms with Gasteiger partial charge < -0.3 is 10.2 Å². The Balaban J connectivity index is 2.24. The van der Waals surface area contributed by atoms with Gasteiger partial charge in [0.05, 0.1) is 12.2 Å². The van der Waals surface area contributed by atoms with Crippen LogP contribution >= 0.6 is 0 Å². The SMILES string of the molecule is CNCc1cc(C(C)C)nc(N(C)Cc2ccccn2)c1. The van der Waals surface area contributed by atoms with E-state index in [1.165, 1.54) is 5.56 Å². The average molecular weight is 284 g/mol. The van der Waals surface area contributed by atoms with Gasteiger partial charge in [0.25, 0.3) is 0 Å². The van der Waals surface area contributed by atoms with Crippen LogP contribution in [0.3, 0.4) is 0 Å². The van der Waals surface area contributed by atoms with Gasteiger partial charge in [0.1, 0.15) is 5.82 Å². The maximum atomic E-state index is 4.78. The number of nitrogens with zero attached hydrogens (tertiary/aromatic N) is 3. The Labute approximate surface area is 127 Å².